The first kappa shape index (κ1) is 23.3. The van der Waals surface area contributed by atoms with Crippen LogP contribution < -0.4 is 9.47 Å². The van der Waals surface area contributed by atoms with Crippen LogP contribution in [-0.2, 0) is 33.8 Å². The van der Waals surface area contributed by atoms with Gasteiger partial charge in [-0.2, -0.15) is 0 Å². The van der Waals surface area contributed by atoms with E-state index in [1.54, 1.807) is 26.4 Å². The van der Waals surface area contributed by atoms with E-state index in [2.05, 4.69) is 0 Å². The number of hydrogen-bond acceptors (Lipinski definition) is 6. The predicted octanol–water partition coefficient (Wildman–Crippen LogP) is 4.79. The molecular formula is C26H28O6. The van der Waals surface area contributed by atoms with E-state index < -0.39 is 12.3 Å². The van der Waals surface area contributed by atoms with E-state index in [0.29, 0.717) is 42.3 Å². The maximum absolute atomic E-state index is 12.7. The first-order valence-electron chi connectivity index (χ1n) is 10.3. The minimum Gasteiger partial charge on any atom is -0.489 e. The highest BCUT2D eigenvalue weighted by molar-refractivity contribution is 5.94. The first-order valence-corrected chi connectivity index (χ1v) is 10.3. The van der Waals surface area contributed by atoms with Crippen LogP contribution in [0.2, 0.25) is 0 Å². The van der Waals surface area contributed by atoms with Crippen LogP contribution in [0.4, 0.5) is 0 Å². The maximum atomic E-state index is 12.7. The van der Waals surface area contributed by atoms with Crippen molar-refractivity contribution in [1.29, 1.82) is 0 Å². The lowest BCUT2D eigenvalue weighted by atomic mass is 10.0. The molecule has 0 saturated carbocycles. The first-order chi connectivity index (χ1) is 15.6. The largest absolute Gasteiger partial charge is 0.489 e. The minimum absolute atomic E-state index is 0.296. The number of methoxy groups -OCH3 is 3. The van der Waals surface area contributed by atoms with Gasteiger partial charge in [0.2, 0.25) is 0 Å². The Labute approximate surface area is 188 Å². The highest BCUT2D eigenvalue weighted by Gasteiger charge is 2.23. The average Bonchev–Trinajstić information content (AvgIpc) is 2.85. The topological polar surface area (TPSA) is 63.2 Å². The van der Waals surface area contributed by atoms with Gasteiger partial charge in [0.25, 0.3) is 0 Å². The number of ether oxygens (including phenoxy) is 5. The van der Waals surface area contributed by atoms with Gasteiger partial charge in [-0.15, -0.1) is 0 Å². The molecule has 0 aliphatic heterocycles. The van der Waals surface area contributed by atoms with Gasteiger partial charge < -0.3 is 23.7 Å². The molecule has 0 fully saturated rings. The number of benzene rings is 3. The van der Waals surface area contributed by atoms with Crippen LogP contribution in [0.15, 0.2) is 72.8 Å². The Kier molecular flexibility index (Phi) is 8.66. The van der Waals surface area contributed by atoms with Crippen LogP contribution in [0.5, 0.6) is 11.5 Å². The Morgan fingerprint density at radius 1 is 0.781 bits per heavy atom. The van der Waals surface area contributed by atoms with Gasteiger partial charge >= 0.3 is 5.97 Å². The van der Waals surface area contributed by atoms with Crippen molar-refractivity contribution in [1.82, 2.24) is 0 Å². The molecule has 0 amide bonds. The molecule has 0 saturated heterocycles. The molecule has 0 spiro atoms. The quantitative estimate of drug-likeness (QED) is 0.318. The number of carbonyl (C=O) groups excluding carboxylic acids is 1. The fourth-order valence-electron chi connectivity index (χ4n) is 3.26. The van der Waals surface area contributed by atoms with Crippen LogP contribution in [0.3, 0.4) is 0 Å². The fraction of sp³-hybridized carbons (Fsp3) is 0.269. The molecule has 6 heteroatoms. The second-order valence-corrected chi connectivity index (χ2v) is 7.10. The fourth-order valence-corrected chi connectivity index (χ4v) is 3.26. The number of rotatable bonds is 11. The molecule has 0 radical (unpaired) electrons. The van der Waals surface area contributed by atoms with Crippen LogP contribution >= 0.6 is 0 Å². The van der Waals surface area contributed by atoms with Crippen molar-refractivity contribution < 1.29 is 28.5 Å². The molecule has 3 aromatic rings. The van der Waals surface area contributed by atoms with Gasteiger partial charge in [0, 0.05) is 26.7 Å². The third kappa shape index (κ3) is 6.33. The summed E-state index contributed by atoms with van der Waals surface area (Å²) in [5.41, 5.74) is 2.99. The van der Waals surface area contributed by atoms with Crippen molar-refractivity contribution in [2.75, 3.05) is 21.3 Å². The van der Waals surface area contributed by atoms with E-state index >= 15 is 0 Å². The van der Waals surface area contributed by atoms with Crippen LogP contribution in [-0.4, -0.2) is 33.6 Å². The second-order valence-electron chi connectivity index (χ2n) is 7.10. The van der Waals surface area contributed by atoms with Crippen LogP contribution in [0.1, 0.15) is 27.0 Å². The van der Waals surface area contributed by atoms with Crippen molar-refractivity contribution in [3.8, 4) is 11.5 Å². The molecule has 0 heterocycles. The summed E-state index contributed by atoms with van der Waals surface area (Å²) in [5.74, 6) is 0.460. The van der Waals surface area contributed by atoms with Gasteiger partial charge in [-0.25, -0.2) is 4.79 Å². The van der Waals surface area contributed by atoms with E-state index in [-0.39, 0.29) is 0 Å². The van der Waals surface area contributed by atoms with E-state index in [4.69, 9.17) is 23.7 Å². The lowest BCUT2D eigenvalue weighted by Gasteiger charge is -2.20. The molecule has 6 nitrogen and oxygen atoms in total. The van der Waals surface area contributed by atoms with Crippen LogP contribution in [0, 0.1) is 0 Å². The molecule has 0 unspecified atom stereocenters. The summed E-state index contributed by atoms with van der Waals surface area (Å²) in [6.07, 6.45) is -0.216. The smallest absolute Gasteiger partial charge is 0.341 e. The van der Waals surface area contributed by atoms with E-state index in [1.165, 1.54) is 7.11 Å². The number of hydrogen-bond donors (Lipinski definition) is 0. The van der Waals surface area contributed by atoms with Gasteiger partial charge in [-0.05, 0) is 22.8 Å². The molecule has 168 valence electrons. The zero-order valence-corrected chi connectivity index (χ0v) is 18.6. The van der Waals surface area contributed by atoms with Crippen molar-refractivity contribution in [2.45, 2.75) is 25.9 Å². The molecular weight excluding hydrogens is 408 g/mol. The predicted molar refractivity (Wildman–Crippen MR) is 121 cm³/mol. The Bertz CT molecular complexity index is 984. The SMILES string of the molecule is COC(=O)c1c(CC(OC)OC)cc(OCc2ccccc2)cc1OCc1ccccc1. The van der Waals surface area contributed by atoms with Crippen LogP contribution in [0.25, 0.3) is 0 Å². The van der Waals surface area contributed by atoms with Crippen molar-refractivity contribution in [2.24, 2.45) is 0 Å². The molecule has 32 heavy (non-hydrogen) atoms. The van der Waals surface area contributed by atoms with Crippen molar-refractivity contribution in [3.05, 3.63) is 95.1 Å². The number of carbonyl (C=O) groups is 1. The Morgan fingerprint density at radius 3 is 1.88 bits per heavy atom. The van der Waals surface area contributed by atoms with E-state index in [0.717, 1.165) is 11.1 Å². The summed E-state index contributed by atoms with van der Waals surface area (Å²) >= 11 is 0. The van der Waals surface area contributed by atoms with E-state index in [9.17, 15) is 4.79 Å². The lowest BCUT2D eigenvalue weighted by Crippen LogP contribution is -2.19. The van der Waals surface area contributed by atoms with E-state index in [1.807, 2.05) is 60.7 Å². The molecule has 3 aromatic carbocycles. The summed E-state index contributed by atoms with van der Waals surface area (Å²) < 4.78 is 27.8. The molecule has 0 atom stereocenters. The molecule has 3 rings (SSSR count). The molecule has 0 aromatic heterocycles. The normalized spacial score (nSPS) is 10.8. The summed E-state index contributed by atoms with van der Waals surface area (Å²) in [6, 6.07) is 23.1. The van der Waals surface area contributed by atoms with Gasteiger partial charge in [0.1, 0.15) is 30.3 Å². The van der Waals surface area contributed by atoms with Crippen molar-refractivity contribution in [3.63, 3.8) is 0 Å². The number of esters is 1. The molecule has 0 aliphatic rings. The zero-order chi connectivity index (χ0) is 22.8. The van der Waals surface area contributed by atoms with Crippen molar-refractivity contribution >= 4 is 5.97 Å². The third-order valence-electron chi connectivity index (χ3n) is 4.94. The minimum atomic E-state index is -0.537. The molecule has 0 bridgehead atoms. The Balaban J connectivity index is 1.95. The van der Waals surface area contributed by atoms with Gasteiger partial charge in [-0.1, -0.05) is 60.7 Å². The van der Waals surface area contributed by atoms with Gasteiger partial charge in [-0.3, -0.25) is 0 Å². The maximum Gasteiger partial charge on any atom is 0.341 e. The summed E-state index contributed by atoms with van der Waals surface area (Å²) in [6.45, 7) is 0.679. The lowest BCUT2D eigenvalue weighted by molar-refractivity contribution is -0.100. The Hall–Kier alpha value is -3.35. The highest BCUT2D eigenvalue weighted by atomic mass is 16.7. The third-order valence-corrected chi connectivity index (χ3v) is 4.94. The monoisotopic (exact) mass is 436 g/mol. The summed E-state index contributed by atoms with van der Waals surface area (Å²) in [4.78, 5) is 12.7. The molecule has 0 aliphatic carbocycles. The second kappa shape index (κ2) is 11.9. The highest BCUT2D eigenvalue weighted by Crippen LogP contribution is 2.32. The summed E-state index contributed by atoms with van der Waals surface area (Å²) in [7, 11) is 4.44. The zero-order valence-electron chi connectivity index (χ0n) is 18.6. The Morgan fingerprint density at radius 2 is 1.34 bits per heavy atom. The standard InChI is InChI=1S/C26H28O6/c1-28-24(29-2)15-21-14-22(31-17-19-10-6-4-7-11-19)16-23(25(21)26(27)30-3)32-18-20-12-8-5-9-13-20/h4-14,16,24H,15,17-18H2,1-3H3. The van der Waals surface area contributed by atoms with Gasteiger partial charge in [0.15, 0.2) is 6.29 Å². The average molecular weight is 437 g/mol. The summed E-state index contributed by atoms with van der Waals surface area (Å²) in [5, 5.41) is 0. The van der Waals surface area contributed by atoms with Gasteiger partial charge in [0.05, 0.1) is 7.11 Å². The molecule has 0 N–H and O–H groups in total.